The third kappa shape index (κ3) is 1.32. The number of anilines is 2. The molecular formula is C13H13B2N3O. The minimum Gasteiger partial charge on any atom is -0.369 e. The van der Waals surface area contributed by atoms with Crippen molar-refractivity contribution in [2.24, 2.45) is 0 Å². The van der Waals surface area contributed by atoms with E-state index in [1.54, 1.807) is 0 Å². The molecule has 0 saturated carbocycles. The highest BCUT2D eigenvalue weighted by molar-refractivity contribution is 6.55. The van der Waals surface area contributed by atoms with E-state index in [2.05, 4.69) is 16.7 Å². The zero-order valence-electron chi connectivity index (χ0n) is 10.5. The van der Waals surface area contributed by atoms with Crippen molar-refractivity contribution in [2.75, 3.05) is 23.3 Å². The molecule has 1 aromatic rings. The van der Waals surface area contributed by atoms with Crippen LogP contribution >= 0.6 is 0 Å². The van der Waals surface area contributed by atoms with Crippen LogP contribution in [0.25, 0.3) is 0 Å². The van der Waals surface area contributed by atoms with Crippen LogP contribution in [-0.4, -0.2) is 46.1 Å². The van der Waals surface area contributed by atoms with E-state index in [9.17, 15) is 4.79 Å². The normalized spacial score (nSPS) is 30.5. The fraction of sp³-hybridized carbons (Fsp3) is 0.462. The van der Waals surface area contributed by atoms with E-state index >= 15 is 0 Å². The van der Waals surface area contributed by atoms with Gasteiger partial charge in [-0.1, -0.05) is 12.1 Å². The first-order valence-electron chi connectivity index (χ1n) is 6.63. The number of fused-ring (bicyclic) bond motifs is 3. The SMILES string of the molecule is [B]C1([B])C(=O)Nc2cccc3c2N1C1CCNC[C@@H]31. The number of amides is 1. The number of nitrogens with one attached hydrogen (secondary N) is 2. The van der Waals surface area contributed by atoms with E-state index in [0.29, 0.717) is 5.92 Å². The summed E-state index contributed by atoms with van der Waals surface area (Å²) in [4.78, 5) is 14.1. The summed E-state index contributed by atoms with van der Waals surface area (Å²) in [7, 11) is 12.2. The Labute approximate surface area is 114 Å². The van der Waals surface area contributed by atoms with Crippen LogP contribution in [0.2, 0.25) is 0 Å². The van der Waals surface area contributed by atoms with Gasteiger partial charge in [-0.25, -0.2) is 0 Å². The average Bonchev–Trinajstić information content (AvgIpc) is 2.74. The fourth-order valence-electron chi connectivity index (χ4n) is 3.66. The highest BCUT2D eigenvalue weighted by Gasteiger charge is 2.50. The van der Waals surface area contributed by atoms with Crippen molar-refractivity contribution in [3.63, 3.8) is 0 Å². The van der Waals surface area contributed by atoms with Gasteiger partial charge in [0, 0.05) is 23.8 Å². The molecular weight excluding hydrogens is 236 g/mol. The van der Waals surface area contributed by atoms with E-state index in [-0.39, 0.29) is 11.9 Å². The maximum Gasteiger partial charge on any atom is 0.231 e. The Morgan fingerprint density at radius 2 is 2.21 bits per heavy atom. The van der Waals surface area contributed by atoms with Gasteiger partial charge in [-0.15, -0.1) is 0 Å². The van der Waals surface area contributed by atoms with Crippen molar-refractivity contribution in [1.82, 2.24) is 5.32 Å². The number of hydrogen-bond acceptors (Lipinski definition) is 3. The first-order valence-corrected chi connectivity index (χ1v) is 6.63. The fourth-order valence-corrected chi connectivity index (χ4v) is 3.66. The van der Waals surface area contributed by atoms with Crippen molar-refractivity contribution in [3.05, 3.63) is 23.8 Å². The van der Waals surface area contributed by atoms with Crippen LogP contribution in [-0.2, 0) is 4.79 Å². The lowest BCUT2D eigenvalue weighted by Gasteiger charge is -2.47. The van der Waals surface area contributed by atoms with Crippen LogP contribution in [0.5, 0.6) is 0 Å². The lowest BCUT2D eigenvalue weighted by Crippen LogP contribution is -2.64. The summed E-state index contributed by atoms with van der Waals surface area (Å²) >= 11 is 0. The zero-order valence-corrected chi connectivity index (χ0v) is 10.5. The standard InChI is InChI=1S/C13H13B2N3O/c14-13(15)12(19)17-9-3-1-2-7-8-6-16-5-4-10(8)18(13)11(7)9/h1-3,8,10,16H,4-6H2,(H,17,19)/t8-,10?/m0/s1. The van der Waals surface area contributed by atoms with E-state index < -0.39 is 5.34 Å². The van der Waals surface area contributed by atoms with Gasteiger partial charge in [0.1, 0.15) is 15.7 Å². The highest BCUT2D eigenvalue weighted by atomic mass is 16.2. The third-order valence-electron chi connectivity index (χ3n) is 4.50. The molecule has 2 atom stereocenters. The topological polar surface area (TPSA) is 44.4 Å². The third-order valence-corrected chi connectivity index (χ3v) is 4.50. The number of para-hydroxylation sites is 1. The zero-order chi connectivity index (χ0) is 13.2. The smallest absolute Gasteiger partial charge is 0.231 e. The Bertz CT molecular complexity index is 575. The Hall–Kier alpha value is -1.42. The second kappa shape index (κ2) is 3.57. The molecule has 19 heavy (non-hydrogen) atoms. The molecule has 0 spiro atoms. The van der Waals surface area contributed by atoms with Crippen LogP contribution in [0.1, 0.15) is 17.9 Å². The first-order chi connectivity index (χ1) is 9.10. The van der Waals surface area contributed by atoms with E-state index in [4.69, 9.17) is 15.7 Å². The molecule has 1 saturated heterocycles. The quantitative estimate of drug-likeness (QED) is 0.631. The molecule has 0 bridgehead atoms. The first kappa shape index (κ1) is 11.4. The molecule has 3 aliphatic rings. The lowest BCUT2D eigenvalue weighted by atomic mass is 9.58. The monoisotopic (exact) mass is 249 g/mol. The molecule has 2 N–H and O–H groups in total. The van der Waals surface area contributed by atoms with Crippen molar-refractivity contribution in [2.45, 2.75) is 23.7 Å². The van der Waals surface area contributed by atoms with Gasteiger partial charge in [0.05, 0.1) is 11.4 Å². The summed E-state index contributed by atoms with van der Waals surface area (Å²) in [6.45, 7) is 1.83. The predicted octanol–water partition coefficient (Wildman–Crippen LogP) is -0.105. The second-order valence-corrected chi connectivity index (χ2v) is 5.56. The Kier molecular flexibility index (Phi) is 2.14. The van der Waals surface area contributed by atoms with Gasteiger partial charge in [0.2, 0.25) is 5.91 Å². The van der Waals surface area contributed by atoms with Crippen molar-refractivity contribution in [3.8, 4) is 0 Å². The summed E-state index contributed by atoms with van der Waals surface area (Å²) < 4.78 is 0. The van der Waals surface area contributed by atoms with Gasteiger partial charge in [-0.2, -0.15) is 0 Å². The van der Waals surface area contributed by atoms with Gasteiger partial charge in [0.15, 0.2) is 0 Å². The van der Waals surface area contributed by atoms with Gasteiger partial charge in [-0.05, 0) is 24.6 Å². The molecule has 0 aliphatic carbocycles. The molecule has 92 valence electrons. The second-order valence-electron chi connectivity index (χ2n) is 5.56. The van der Waals surface area contributed by atoms with E-state index in [1.165, 1.54) is 5.56 Å². The number of carbonyl (C=O) groups excluding carboxylic acids is 1. The Morgan fingerprint density at radius 3 is 3.05 bits per heavy atom. The number of hydrogen-bond donors (Lipinski definition) is 2. The number of nitrogens with zero attached hydrogens (tertiary/aromatic N) is 1. The van der Waals surface area contributed by atoms with Crippen LogP contribution in [0.4, 0.5) is 11.4 Å². The summed E-state index contributed by atoms with van der Waals surface area (Å²) in [5, 5.41) is 4.77. The predicted molar refractivity (Wildman–Crippen MR) is 75.8 cm³/mol. The van der Waals surface area contributed by atoms with Gasteiger partial charge >= 0.3 is 0 Å². The Balaban J connectivity index is 1.95. The molecule has 1 fully saturated rings. The maximum atomic E-state index is 12.1. The number of benzene rings is 1. The molecule has 4 radical (unpaired) electrons. The summed E-state index contributed by atoms with van der Waals surface area (Å²) in [5.41, 5.74) is 3.06. The summed E-state index contributed by atoms with van der Waals surface area (Å²) in [6, 6.07) is 6.20. The van der Waals surface area contributed by atoms with Crippen molar-refractivity contribution in [1.29, 1.82) is 0 Å². The van der Waals surface area contributed by atoms with Crippen LogP contribution in [0.15, 0.2) is 18.2 Å². The van der Waals surface area contributed by atoms with Crippen LogP contribution in [0, 0.1) is 0 Å². The highest BCUT2D eigenvalue weighted by Crippen LogP contribution is 2.51. The van der Waals surface area contributed by atoms with Gasteiger partial charge in [-0.3, -0.25) is 4.79 Å². The number of rotatable bonds is 0. The minimum atomic E-state index is -1.46. The minimum absolute atomic E-state index is 0.207. The maximum absolute atomic E-state index is 12.1. The number of carbonyl (C=O) groups is 1. The van der Waals surface area contributed by atoms with Gasteiger partial charge < -0.3 is 15.5 Å². The molecule has 1 aromatic carbocycles. The Morgan fingerprint density at radius 1 is 1.37 bits per heavy atom. The summed E-state index contributed by atoms with van der Waals surface area (Å²) in [6.07, 6.45) is 0.947. The number of piperidine rings is 1. The largest absolute Gasteiger partial charge is 0.369 e. The lowest BCUT2D eigenvalue weighted by molar-refractivity contribution is -0.117. The molecule has 3 aliphatic heterocycles. The molecule has 1 amide bonds. The van der Waals surface area contributed by atoms with E-state index in [1.807, 2.05) is 17.0 Å². The molecule has 3 heterocycles. The molecule has 6 heteroatoms. The molecule has 0 aromatic heterocycles. The van der Waals surface area contributed by atoms with Crippen molar-refractivity contribution >= 4 is 33.0 Å². The van der Waals surface area contributed by atoms with Gasteiger partial charge in [0.25, 0.3) is 0 Å². The molecule has 4 rings (SSSR count). The van der Waals surface area contributed by atoms with E-state index in [0.717, 1.165) is 30.9 Å². The van der Waals surface area contributed by atoms with Crippen molar-refractivity contribution < 1.29 is 4.79 Å². The average molecular weight is 249 g/mol. The van der Waals surface area contributed by atoms with Crippen LogP contribution in [0.3, 0.4) is 0 Å². The molecule has 1 unspecified atom stereocenters. The van der Waals surface area contributed by atoms with Crippen LogP contribution < -0.4 is 15.5 Å². The molecule has 4 nitrogen and oxygen atoms in total. The summed E-state index contributed by atoms with van der Waals surface area (Å²) in [5.74, 6) is 0.0132.